The van der Waals surface area contributed by atoms with Crippen molar-refractivity contribution < 1.29 is 24.1 Å². The number of hydrogen-bond donors (Lipinski definition) is 3. The van der Waals surface area contributed by atoms with E-state index < -0.39 is 6.10 Å². The van der Waals surface area contributed by atoms with E-state index in [1.165, 1.54) is 6.07 Å². The molecule has 0 aliphatic carbocycles. The van der Waals surface area contributed by atoms with Crippen LogP contribution in [0.15, 0.2) is 59.4 Å². The Morgan fingerprint density at radius 2 is 1.86 bits per heavy atom. The third-order valence-electron chi connectivity index (χ3n) is 5.13. The van der Waals surface area contributed by atoms with Gasteiger partial charge in [-0.25, -0.2) is 5.10 Å². The number of nitrogens with zero attached hydrogens (tertiary/aromatic N) is 1. The molecule has 1 aromatic heterocycles. The summed E-state index contributed by atoms with van der Waals surface area (Å²) in [7, 11) is 1.64. The van der Waals surface area contributed by atoms with Gasteiger partial charge < -0.3 is 29.4 Å². The highest BCUT2D eigenvalue weighted by Gasteiger charge is 2.07. The predicted molar refractivity (Wildman–Crippen MR) is 133 cm³/mol. The largest absolute Gasteiger partial charge is 0.492 e. The zero-order chi connectivity index (χ0) is 24.9. The molecule has 0 aliphatic rings. The van der Waals surface area contributed by atoms with Crippen LogP contribution in [0.1, 0.15) is 11.1 Å². The fourth-order valence-electron chi connectivity index (χ4n) is 3.24. The van der Waals surface area contributed by atoms with Gasteiger partial charge in [0.05, 0.1) is 25.5 Å². The first-order valence-electron chi connectivity index (χ1n) is 11.5. The zero-order valence-electron chi connectivity index (χ0n) is 20.2. The van der Waals surface area contributed by atoms with Crippen molar-refractivity contribution in [3.8, 4) is 22.8 Å². The Balaban J connectivity index is 1.31. The number of aliphatic hydroxyl groups excluding tert-OH is 1. The van der Waals surface area contributed by atoms with Crippen LogP contribution in [0.3, 0.4) is 0 Å². The number of aliphatic hydroxyl groups is 1. The molecule has 0 saturated heterocycles. The number of aryl methyl sites for hydroxylation is 1. The monoisotopic (exact) mass is 483 g/mol. The van der Waals surface area contributed by atoms with E-state index in [0.29, 0.717) is 51.0 Å². The maximum atomic E-state index is 11.2. The minimum absolute atomic E-state index is 0.191. The molecule has 0 spiro atoms. The molecule has 1 heterocycles. The van der Waals surface area contributed by atoms with Crippen LogP contribution >= 0.6 is 0 Å². The molecular weight excluding hydrogens is 450 g/mol. The SMILES string of the molecule is COCCOCc1ccc(OCC(O)CNCCOc2ccc(-c3ccc(=O)[nH]n3)cc2C)cc1. The minimum atomic E-state index is -0.641. The van der Waals surface area contributed by atoms with Crippen LogP contribution in [0.2, 0.25) is 0 Å². The minimum Gasteiger partial charge on any atom is -0.492 e. The third kappa shape index (κ3) is 9.14. The number of nitrogens with one attached hydrogen (secondary N) is 2. The molecule has 9 heteroatoms. The lowest BCUT2D eigenvalue weighted by Gasteiger charge is -2.14. The number of H-pyrrole nitrogens is 1. The van der Waals surface area contributed by atoms with Crippen LogP contribution in [0.5, 0.6) is 11.5 Å². The second-order valence-corrected chi connectivity index (χ2v) is 7.99. The van der Waals surface area contributed by atoms with E-state index in [2.05, 4.69) is 15.5 Å². The molecule has 3 rings (SSSR count). The molecule has 3 aromatic rings. The van der Waals surface area contributed by atoms with Crippen LogP contribution in [0.25, 0.3) is 11.3 Å². The molecule has 0 fully saturated rings. The summed E-state index contributed by atoms with van der Waals surface area (Å²) in [6.45, 7) is 5.23. The van der Waals surface area contributed by atoms with Crippen molar-refractivity contribution in [3.63, 3.8) is 0 Å². The molecule has 0 bridgehead atoms. The zero-order valence-corrected chi connectivity index (χ0v) is 20.2. The Morgan fingerprint density at radius 1 is 1.03 bits per heavy atom. The molecule has 1 unspecified atom stereocenters. The maximum absolute atomic E-state index is 11.2. The quantitative estimate of drug-likeness (QED) is 0.282. The van der Waals surface area contributed by atoms with Gasteiger partial charge in [0.15, 0.2) is 0 Å². The van der Waals surface area contributed by atoms with Gasteiger partial charge in [-0.3, -0.25) is 4.79 Å². The maximum Gasteiger partial charge on any atom is 0.264 e. The summed E-state index contributed by atoms with van der Waals surface area (Å²) in [6.07, 6.45) is -0.641. The van der Waals surface area contributed by atoms with Crippen LogP contribution in [-0.4, -0.2) is 68.0 Å². The van der Waals surface area contributed by atoms with Gasteiger partial charge in [-0.15, -0.1) is 0 Å². The molecule has 9 nitrogen and oxygen atoms in total. The lowest BCUT2D eigenvalue weighted by Crippen LogP contribution is -2.33. The number of aromatic amines is 1. The molecule has 2 aromatic carbocycles. The number of ether oxygens (including phenoxy) is 4. The lowest BCUT2D eigenvalue weighted by atomic mass is 10.1. The molecule has 0 saturated carbocycles. The van der Waals surface area contributed by atoms with Gasteiger partial charge in [-0.05, 0) is 54.4 Å². The molecule has 1 atom stereocenters. The Morgan fingerprint density at radius 3 is 2.57 bits per heavy atom. The summed E-state index contributed by atoms with van der Waals surface area (Å²) in [4.78, 5) is 11.2. The van der Waals surface area contributed by atoms with Crippen LogP contribution in [-0.2, 0) is 16.1 Å². The number of methoxy groups -OCH3 is 1. The number of benzene rings is 2. The number of rotatable bonds is 15. The second-order valence-electron chi connectivity index (χ2n) is 7.99. The number of aromatic nitrogens is 2. The molecule has 0 amide bonds. The van der Waals surface area contributed by atoms with Crippen LogP contribution in [0.4, 0.5) is 0 Å². The Labute approximate surface area is 205 Å². The average Bonchev–Trinajstić information content (AvgIpc) is 2.87. The summed E-state index contributed by atoms with van der Waals surface area (Å²) in [5.74, 6) is 1.47. The van der Waals surface area contributed by atoms with E-state index in [1.54, 1.807) is 13.2 Å². The van der Waals surface area contributed by atoms with E-state index in [0.717, 1.165) is 22.4 Å². The molecule has 35 heavy (non-hydrogen) atoms. The van der Waals surface area contributed by atoms with Crippen molar-refractivity contribution in [1.29, 1.82) is 0 Å². The fraction of sp³-hybridized carbons (Fsp3) is 0.385. The molecule has 3 N–H and O–H groups in total. The smallest absolute Gasteiger partial charge is 0.264 e. The van der Waals surface area contributed by atoms with Gasteiger partial charge in [0.1, 0.15) is 30.8 Å². The van der Waals surface area contributed by atoms with Crippen molar-refractivity contribution in [2.45, 2.75) is 19.6 Å². The summed E-state index contributed by atoms with van der Waals surface area (Å²) in [6, 6.07) is 16.5. The summed E-state index contributed by atoms with van der Waals surface area (Å²) in [5.41, 5.74) is 3.38. The predicted octanol–water partition coefficient (Wildman–Crippen LogP) is 2.32. The van der Waals surface area contributed by atoms with Gasteiger partial charge >= 0.3 is 0 Å². The Bertz CT molecular complexity index is 1070. The van der Waals surface area contributed by atoms with Crippen molar-refractivity contribution >= 4 is 0 Å². The second kappa shape index (κ2) is 14.2. The standard InChI is InChI=1S/C26H33N3O6/c1-19-15-21(24-8-10-26(31)29-28-24)5-9-25(19)34-12-11-27-16-22(30)18-35-23-6-3-20(4-7-23)17-33-14-13-32-2/h3-10,15,22,27,30H,11-14,16-18H2,1-2H3,(H,29,31). The molecule has 0 aliphatic heterocycles. The highest BCUT2D eigenvalue weighted by atomic mass is 16.5. The first kappa shape index (κ1) is 26.4. The van der Waals surface area contributed by atoms with Gasteiger partial charge in [0.2, 0.25) is 0 Å². The fourth-order valence-corrected chi connectivity index (χ4v) is 3.24. The highest BCUT2D eigenvalue weighted by Crippen LogP contribution is 2.24. The third-order valence-corrected chi connectivity index (χ3v) is 5.13. The summed E-state index contributed by atoms with van der Waals surface area (Å²) >= 11 is 0. The first-order valence-corrected chi connectivity index (χ1v) is 11.5. The van der Waals surface area contributed by atoms with E-state index in [4.69, 9.17) is 18.9 Å². The first-order chi connectivity index (χ1) is 17.0. The van der Waals surface area contributed by atoms with E-state index in [1.807, 2.05) is 49.4 Å². The molecule has 0 radical (unpaired) electrons. The van der Waals surface area contributed by atoms with Crippen LogP contribution < -0.4 is 20.3 Å². The normalized spacial score (nSPS) is 11.9. The van der Waals surface area contributed by atoms with Gasteiger partial charge in [0.25, 0.3) is 5.56 Å². The topological polar surface area (TPSA) is 115 Å². The summed E-state index contributed by atoms with van der Waals surface area (Å²) in [5, 5.41) is 19.8. The van der Waals surface area contributed by atoms with Crippen molar-refractivity contribution in [2.75, 3.05) is 46.6 Å². The Hall–Kier alpha value is -3.24. The average molecular weight is 484 g/mol. The van der Waals surface area contributed by atoms with E-state index in [-0.39, 0.29) is 12.2 Å². The van der Waals surface area contributed by atoms with Crippen molar-refractivity contribution in [2.24, 2.45) is 0 Å². The number of hydrogen-bond acceptors (Lipinski definition) is 8. The summed E-state index contributed by atoms with van der Waals surface area (Å²) < 4.78 is 21.9. The van der Waals surface area contributed by atoms with Crippen molar-refractivity contribution in [1.82, 2.24) is 15.5 Å². The molecule has 188 valence electrons. The van der Waals surface area contributed by atoms with E-state index in [9.17, 15) is 9.90 Å². The highest BCUT2D eigenvalue weighted by molar-refractivity contribution is 5.61. The van der Waals surface area contributed by atoms with Crippen molar-refractivity contribution in [3.05, 3.63) is 76.1 Å². The van der Waals surface area contributed by atoms with Crippen LogP contribution in [0, 0.1) is 6.92 Å². The lowest BCUT2D eigenvalue weighted by molar-refractivity contribution is 0.0616. The molecular formula is C26H33N3O6. The van der Waals surface area contributed by atoms with E-state index >= 15 is 0 Å². The Kier molecular flexibility index (Phi) is 10.7. The van der Waals surface area contributed by atoms with Gasteiger partial charge in [0, 0.05) is 31.8 Å². The van der Waals surface area contributed by atoms with Gasteiger partial charge in [-0.1, -0.05) is 12.1 Å². The van der Waals surface area contributed by atoms with Gasteiger partial charge in [-0.2, -0.15) is 5.10 Å².